The predicted molar refractivity (Wildman–Crippen MR) is 82.9 cm³/mol. The first-order chi connectivity index (χ1) is 9.63. The number of carbonyl (C=O) groups excluding carboxylic acids is 1. The van der Waals surface area contributed by atoms with E-state index in [1.54, 1.807) is 0 Å². The van der Waals surface area contributed by atoms with E-state index >= 15 is 0 Å². The topological polar surface area (TPSA) is 32.3 Å². The van der Waals surface area contributed by atoms with Crippen LogP contribution < -0.4 is 5.32 Å². The van der Waals surface area contributed by atoms with Crippen LogP contribution in [0, 0.1) is 6.92 Å². The van der Waals surface area contributed by atoms with Crippen molar-refractivity contribution in [1.82, 2.24) is 10.2 Å². The average Bonchev–Trinajstić information content (AvgIpc) is 2.40. The molecule has 20 heavy (non-hydrogen) atoms. The maximum atomic E-state index is 11.9. The Hall–Kier alpha value is -1.35. The van der Waals surface area contributed by atoms with Crippen LogP contribution in [0.15, 0.2) is 24.3 Å². The molecule has 1 aliphatic rings. The molecule has 1 amide bonds. The summed E-state index contributed by atoms with van der Waals surface area (Å²) in [6.45, 7) is 8.25. The second-order valence-electron chi connectivity index (χ2n) is 5.72. The highest BCUT2D eigenvalue weighted by molar-refractivity contribution is 5.78. The molecule has 1 fully saturated rings. The lowest BCUT2D eigenvalue weighted by Gasteiger charge is -2.36. The van der Waals surface area contributed by atoms with Gasteiger partial charge >= 0.3 is 0 Å². The lowest BCUT2D eigenvalue weighted by atomic mass is 9.76. The molecule has 0 spiro atoms. The highest BCUT2D eigenvalue weighted by Gasteiger charge is 2.30. The molecule has 0 aromatic heterocycles. The molecule has 0 aliphatic heterocycles. The quantitative estimate of drug-likeness (QED) is 0.865. The molecule has 3 heteroatoms. The summed E-state index contributed by atoms with van der Waals surface area (Å²) in [6.07, 6.45) is 2.29. The third-order valence-electron chi connectivity index (χ3n) is 4.34. The summed E-state index contributed by atoms with van der Waals surface area (Å²) in [4.78, 5) is 13.8. The normalized spacial score (nSPS) is 21.4. The Balaban J connectivity index is 1.72. The van der Waals surface area contributed by atoms with Gasteiger partial charge in [-0.3, -0.25) is 4.79 Å². The second kappa shape index (κ2) is 6.89. The number of hydrogen-bond donors (Lipinski definition) is 1. The minimum Gasteiger partial charge on any atom is -0.342 e. The van der Waals surface area contributed by atoms with Crippen LogP contribution in [0.5, 0.6) is 0 Å². The summed E-state index contributed by atoms with van der Waals surface area (Å²) in [5.41, 5.74) is 2.75. The fourth-order valence-electron chi connectivity index (χ4n) is 2.82. The van der Waals surface area contributed by atoms with Crippen LogP contribution in [0.2, 0.25) is 0 Å². The fourth-order valence-corrected chi connectivity index (χ4v) is 2.82. The Kier molecular flexibility index (Phi) is 5.18. The summed E-state index contributed by atoms with van der Waals surface area (Å²) in [5, 5.41) is 3.39. The van der Waals surface area contributed by atoms with E-state index in [1.165, 1.54) is 11.1 Å². The van der Waals surface area contributed by atoms with Crippen molar-refractivity contribution in [2.24, 2.45) is 0 Å². The SMILES string of the molecule is CCN(CC)C(=O)CNC1CC(c2ccc(C)cc2)C1. The zero-order valence-electron chi connectivity index (χ0n) is 12.9. The minimum atomic E-state index is 0.216. The Morgan fingerprint density at radius 2 is 1.80 bits per heavy atom. The van der Waals surface area contributed by atoms with E-state index in [4.69, 9.17) is 0 Å². The summed E-state index contributed by atoms with van der Waals surface area (Å²) >= 11 is 0. The standard InChI is InChI=1S/C17H26N2O/c1-4-19(5-2)17(20)12-18-16-10-15(11-16)14-8-6-13(3)7-9-14/h6-9,15-16,18H,4-5,10-12H2,1-3H3. The molecular weight excluding hydrogens is 248 g/mol. The van der Waals surface area contributed by atoms with Gasteiger partial charge < -0.3 is 10.2 Å². The number of aryl methyl sites for hydroxylation is 1. The molecule has 110 valence electrons. The van der Waals surface area contributed by atoms with Gasteiger partial charge in [0.05, 0.1) is 6.54 Å². The van der Waals surface area contributed by atoms with Crippen molar-refractivity contribution in [2.75, 3.05) is 19.6 Å². The molecule has 0 bridgehead atoms. The highest BCUT2D eigenvalue weighted by Crippen LogP contribution is 2.36. The first-order valence-corrected chi connectivity index (χ1v) is 7.71. The zero-order chi connectivity index (χ0) is 14.5. The average molecular weight is 274 g/mol. The molecule has 0 radical (unpaired) electrons. The van der Waals surface area contributed by atoms with E-state index in [0.29, 0.717) is 18.5 Å². The van der Waals surface area contributed by atoms with Crippen LogP contribution in [-0.2, 0) is 4.79 Å². The van der Waals surface area contributed by atoms with Crippen molar-refractivity contribution < 1.29 is 4.79 Å². The first kappa shape index (κ1) is 15.0. The summed E-state index contributed by atoms with van der Waals surface area (Å²) in [5.74, 6) is 0.880. The molecule has 2 rings (SSSR count). The largest absolute Gasteiger partial charge is 0.342 e. The maximum absolute atomic E-state index is 11.9. The van der Waals surface area contributed by atoms with Gasteiger partial charge in [-0.2, -0.15) is 0 Å². The molecule has 0 atom stereocenters. The Morgan fingerprint density at radius 1 is 1.20 bits per heavy atom. The molecule has 1 N–H and O–H groups in total. The lowest BCUT2D eigenvalue weighted by molar-refractivity contribution is -0.130. The zero-order valence-corrected chi connectivity index (χ0v) is 12.9. The van der Waals surface area contributed by atoms with Crippen molar-refractivity contribution >= 4 is 5.91 Å². The van der Waals surface area contributed by atoms with E-state index in [9.17, 15) is 4.79 Å². The third-order valence-corrected chi connectivity index (χ3v) is 4.34. The van der Waals surface area contributed by atoms with Gasteiger partial charge in [0.1, 0.15) is 0 Å². The summed E-state index contributed by atoms with van der Waals surface area (Å²) in [7, 11) is 0. The van der Waals surface area contributed by atoms with Crippen LogP contribution >= 0.6 is 0 Å². The number of rotatable bonds is 6. The van der Waals surface area contributed by atoms with E-state index in [-0.39, 0.29) is 5.91 Å². The van der Waals surface area contributed by atoms with Crippen molar-refractivity contribution in [3.8, 4) is 0 Å². The third kappa shape index (κ3) is 3.60. The Bertz CT molecular complexity index is 431. The number of nitrogens with zero attached hydrogens (tertiary/aromatic N) is 1. The van der Waals surface area contributed by atoms with Crippen LogP contribution in [0.4, 0.5) is 0 Å². The predicted octanol–water partition coefficient (Wildman–Crippen LogP) is 2.70. The fraction of sp³-hybridized carbons (Fsp3) is 0.588. The Labute approximate surface area is 122 Å². The van der Waals surface area contributed by atoms with Gasteiger partial charge in [0, 0.05) is 19.1 Å². The van der Waals surface area contributed by atoms with E-state index < -0.39 is 0 Å². The van der Waals surface area contributed by atoms with Crippen LogP contribution in [-0.4, -0.2) is 36.5 Å². The van der Waals surface area contributed by atoms with Gasteiger partial charge in [-0.05, 0) is 45.1 Å². The number of benzene rings is 1. The number of nitrogens with one attached hydrogen (secondary N) is 1. The number of likely N-dealkylation sites (N-methyl/N-ethyl adjacent to an activating group) is 1. The summed E-state index contributed by atoms with van der Waals surface area (Å²) < 4.78 is 0. The van der Waals surface area contributed by atoms with Crippen molar-refractivity contribution in [2.45, 2.75) is 45.6 Å². The van der Waals surface area contributed by atoms with Crippen molar-refractivity contribution in [3.63, 3.8) is 0 Å². The van der Waals surface area contributed by atoms with Crippen molar-refractivity contribution in [3.05, 3.63) is 35.4 Å². The van der Waals surface area contributed by atoms with Crippen LogP contribution in [0.25, 0.3) is 0 Å². The monoisotopic (exact) mass is 274 g/mol. The number of hydrogen-bond acceptors (Lipinski definition) is 2. The molecule has 0 saturated heterocycles. The smallest absolute Gasteiger partial charge is 0.236 e. The van der Waals surface area contributed by atoms with E-state index in [2.05, 4.69) is 36.5 Å². The molecule has 1 aromatic rings. The van der Waals surface area contributed by atoms with Gasteiger partial charge in [0.15, 0.2) is 0 Å². The Morgan fingerprint density at radius 3 is 2.35 bits per heavy atom. The molecule has 0 heterocycles. The van der Waals surface area contributed by atoms with Gasteiger partial charge in [-0.1, -0.05) is 29.8 Å². The first-order valence-electron chi connectivity index (χ1n) is 7.71. The van der Waals surface area contributed by atoms with Crippen LogP contribution in [0.1, 0.15) is 43.7 Å². The number of carbonyl (C=O) groups is 1. The molecule has 1 aliphatic carbocycles. The van der Waals surface area contributed by atoms with Gasteiger partial charge in [0.2, 0.25) is 5.91 Å². The lowest BCUT2D eigenvalue weighted by Crippen LogP contribution is -2.46. The minimum absolute atomic E-state index is 0.216. The summed E-state index contributed by atoms with van der Waals surface area (Å²) in [6, 6.07) is 9.33. The van der Waals surface area contributed by atoms with Gasteiger partial charge in [-0.15, -0.1) is 0 Å². The van der Waals surface area contributed by atoms with Gasteiger partial charge in [-0.25, -0.2) is 0 Å². The molecule has 0 unspecified atom stereocenters. The number of amides is 1. The maximum Gasteiger partial charge on any atom is 0.236 e. The highest BCUT2D eigenvalue weighted by atomic mass is 16.2. The molecule has 1 saturated carbocycles. The van der Waals surface area contributed by atoms with Crippen molar-refractivity contribution in [1.29, 1.82) is 0 Å². The van der Waals surface area contributed by atoms with Gasteiger partial charge in [0.25, 0.3) is 0 Å². The molecular formula is C17H26N2O. The van der Waals surface area contributed by atoms with Crippen LogP contribution in [0.3, 0.4) is 0 Å². The van der Waals surface area contributed by atoms with E-state index in [1.807, 2.05) is 18.7 Å². The van der Waals surface area contributed by atoms with E-state index in [0.717, 1.165) is 25.9 Å². The molecule has 3 nitrogen and oxygen atoms in total. The second-order valence-corrected chi connectivity index (χ2v) is 5.72. The molecule has 1 aromatic carbocycles.